The third kappa shape index (κ3) is 2.07. The summed E-state index contributed by atoms with van der Waals surface area (Å²) in [6.07, 6.45) is 0. The average Bonchev–Trinajstić information content (AvgIpc) is 1.86. The first kappa shape index (κ1) is 9.12. The Kier molecular flexibility index (Phi) is 3.37. The Morgan fingerprint density at radius 2 is 2.33 bits per heavy atom. The zero-order valence-corrected chi connectivity index (χ0v) is 7.05. The Hall–Kier alpha value is 0.120. The van der Waals surface area contributed by atoms with Crippen LogP contribution in [0.25, 0.3) is 0 Å². The van der Waals surface area contributed by atoms with Crippen LogP contribution in [0.1, 0.15) is 6.92 Å². The number of hydrogen-bond acceptors (Lipinski definition) is 3. The fraction of sp³-hybridized carbons (Fsp3) is 0.750. The SMILES string of the molecule is CC(CO)(NI)C(=O)O. The van der Waals surface area contributed by atoms with Crippen LogP contribution in [0.4, 0.5) is 0 Å². The molecule has 0 saturated carbocycles. The largest absolute Gasteiger partial charge is 0.480 e. The molecule has 1 atom stereocenters. The minimum Gasteiger partial charge on any atom is -0.480 e. The van der Waals surface area contributed by atoms with Crippen molar-refractivity contribution in [2.45, 2.75) is 12.5 Å². The molecule has 0 aromatic carbocycles. The Bertz CT molecular complexity index is 112. The number of aliphatic carboxylic acids is 1. The average molecular weight is 245 g/mol. The summed E-state index contributed by atoms with van der Waals surface area (Å²) in [6.45, 7) is 0.993. The standard InChI is InChI=1S/C4H8INO3/c1-4(2-7,6-5)3(8)9/h6-7H,2H2,1H3,(H,8,9). The van der Waals surface area contributed by atoms with Crippen molar-refractivity contribution in [2.75, 3.05) is 6.61 Å². The molecule has 0 heterocycles. The molecule has 4 nitrogen and oxygen atoms in total. The van der Waals surface area contributed by atoms with E-state index < -0.39 is 18.1 Å². The van der Waals surface area contributed by atoms with Gasteiger partial charge >= 0.3 is 5.97 Å². The minimum atomic E-state index is -1.21. The van der Waals surface area contributed by atoms with Crippen LogP contribution in [0.3, 0.4) is 0 Å². The van der Waals surface area contributed by atoms with Gasteiger partial charge < -0.3 is 10.2 Å². The minimum absolute atomic E-state index is 0.411. The van der Waals surface area contributed by atoms with Crippen molar-refractivity contribution >= 4 is 28.8 Å². The molecule has 54 valence electrons. The van der Waals surface area contributed by atoms with Crippen LogP contribution >= 0.6 is 22.9 Å². The van der Waals surface area contributed by atoms with Crippen LogP contribution in [0, 0.1) is 0 Å². The monoisotopic (exact) mass is 245 g/mol. The van der Waals surface area contributed by atoms with Gasteiger partial charge in [-0.15, -0.1) is 0 Å². The van der Waals surface area contributed by atoms with Crippen LogP contribution in [0.5, 0.6) is 0 Å². The molecule has 1 unspecified atom stereocenters. The maximum Gasteiger partial charge on any atom is 0.326 e. The predicted molar refractivity (Wildman–Crippen MR) is 40.3 cm³/mol. The highest BCUT2D eigenvalue weighted by atomic mass is 127. The van der Waals surface area contributed by atoms with Crippen LogP contribution in [0.2, 0.25) is 0 Å². The Balaban J connectivity index is 4.09. The number of rotatable bonds is 3. The first-order valence-corrected chi connectivity index (χ1v) is 3.37. The van der Waals surface area contributed by atoms with E-state index in [0.29, 0.717) is 0 Å². The Morgan fingerprint density at radius 1 is 1.89 bits per heavy atom. The molecule has 0 aliphatic heterocycles. The molecule has 0 bridgehead atoms. The fourth-order valence-corrected chi connectivity index (χ4v) is 0.539. The molecule has 0 amide bonds. The molecule has 0 aliphatic carbocycles. The fourth-order valence-electron chi connectivity index (χ4n) is 0.138. The molecule has 0 radical (unpaired) electrons. The van der Waals surface area contributed by atoms with Gasteiger partial charge in [-0.05, 0) is 6.92 Å². The first-order valence-electron chi connectivity index (χ1n) is 2.29. The maximum atomic E-state index is 10.3. The van der Waals surface area contributed by atoms with Crippen molar-refractivity contribution in [1.29, 1.82) is 0 Å². The highest BCUT2D eigenvalue weighted by molar-refractivity contribution is 14.1. The van der Waals surface area contributed by atoms with Gasteiger partial charge in [-0.2, -0.15) is 0 Å². The van der Waals surface area contributed by atoms with Crippen LogP contribution in [-0.4, -0.2) is 28.3 Å². The van der Waals surface area contributed by atoms with Crippen molar-refractivity contribution < 1.29 is 15.0 Å². The summed E-state index contributed by atoms with van der Waals surface area (Å²) in [6, 6.07) is 0. The molecule has 0 saturated heterocycles. The van der Waals surface area contributed by atoms with E-state index >= 15 is 0 Å². The maximum absolute atomic E-state index is 10.3. The second-order valence-electron chi connectivity index (χ2n) is 1.89. The van der Waals surface area contributed by atoms with Crippen molar-refractivity contribution in [3.8, 4) is 0 Å². The number of halogens is 1. The van der Waals surface area contributed by atoms with Crippen LogP contribution in [0.15, 0.2) is 0 Å². The van der Waals surface area contributed by atoms with Gasteiger partial charge in [0.05, 0.1) is 6.61 Å². The van der Waals surface area contributed by atoms with Gasteiger partial charge in [0, 0.05) is 22.9 Å². The van der Waals surface area contributed by atoms with Gasteiger partial charge in [-0.1, -0.05) is 0 Å². The second kappa shape index (κ2) is 3.33. The van der Waals surface area contributed by atoms with E-state index in [1.807, 2.05) is 0 Å². The summed E-state index contributed by atoms with van der Waals surface area (Å²) in [5.41, 5.74) is -1.21. The molecule has 0 aromatic heterocycles. The molecule has 0 aliphatic rings. The van der Waals surface area contributed by atoms with Gasteiger partial charge in [-0.25, -0.2) is 3.53 Å². The third-order valence-electron chi connectivity index (χ3n) is 0.997. The highest BCUT2D eigenvalue weighted by Gasteiger charge is 2.30. The molecule has 0 spiro atoms. The van der Waals surface area contributed by atoms with Crippen molar-refractivity contribution in [3.05, 3.63) is 0 Å². The summed E-state index contributed by atoms with van der Waals surface area (Å²) in [7, 11) is 0. The van der Waals surface area contributed by atoms with E-state index in [2.05, 4.69) is 3.53 Å². The molecule has 3 N–H and O–H groups in total. The summed E-state index contributed by atoms with van der Waals surface area (Å²) in [5, 5.41) is 16.9. The van der Waals surface area contributed by atoms with Crippen LogP contribution in [-0.2, 0) is 4.79 Å². The normalized spacial score (nSPS) is 16.8. The third-order valence-corrected chi connectivity index (χ3v) is 2.19. The van der Waals surface area contributed by atoms with Gasteiger partial charge in [0.1, 0.15) is 5.54 Å². The van der Waals surface area contributed by atoms with Gasteiger partial charge in [0.25, 0.3) is 0 Å². The van der Waals surface area contributed by atoms with E-state index in [-0.39, 0.29) is 0 Å². The van der Waals surface area contributed by atoms with E-state index in [4.69, 9.17) is 10.2 Å². The zero-order valence-electron chi connectivity index (χ0n) is 4.89. The second-order valence-corrected chi connectivity index (χ2v) is 2.43. The van der Waals surface area contributed by atoms with Crippen molar-refractivity contribution in [1.82, 2.24) is 3.53 Å². The molecule has 9 heavy (non-hydrogen) atoms. The molecule has 0 rings (SSSR count). The summed E-state index contributed by atoms with van der Waals surface area (Å²) in [5.74, 6) is -1.06. The summed E-state index contributed by atoms with van der Waals surface area (Å²) in [4.78, 5) is 10.3. The first-order chi connectivity index (χ1) is 4.06. The predicted octanol–water partition coefficient (Wildman–Crippen LogP) is -0.238. The van der Waals surface area contributed by atoms with Gasteiger partial charge in [0.15, 0.2) is 0 Å². The van der Waals surface area contributed by atoms with Gasteiger partial charge in [-0.3, -0.25) is 4.79 Å². The molecular weight excluding hydrogens is 237 g/mol. The van der Waals surface area contributed by atoms with E-state index in [0.717, 1.165) is 0 Å². The smallest absolute Gasteiger partial charge is 0.326 e. The van der Waals surface area contributed by atoms with Gasteiger partial charge in [0.2, 0.25) is 0 Å². The number of carbonyl (C=O) groups is 1. The molecule has 0 aromatic rings. The van der Waals surface area contributed by atoms with Crippen LogP contribution < -0.4 is 3.53 Å². The summed E-state index contributed by atoms with van der Waals surface area (Å²) < 4.78 is 2.45. The topological polar surface area (TPSA) is 69.6 Å². The number of nitrogens with one attached hydrogen (secondary N) is 1. The lowest BCUT2D eigenvalue weighted by Crippen LogP contribution is -2.47. The molecule has 0 fully saturated rings. The summed E-state index contributed by atoms with van der Waals surface area (Å²) >= 11 is 1.69. The Morgan fingerprint density at radius 3 is 2.33 bits per heavy atom. The molecular formula is C4H8INO3. The van der Waals surface area contributed by atoms with Crippen molar-refractivity contribution in [3.63, 3.8) is 0 Å². The van der Waals surface area contributed by atoms with E-state index in [1.165, 1.54) is 6.92 Å². The zero-order chi connectivity index (χ0) is 7.49. The lowest BCUT2D eigenvalue weighted by molar-refractivity contribution is -0.144. The lowest BCUT2D eigenvalue weighted by atomic mass is 10.1. The number of carboxylic acids is 1. The number of aliphatic hydroxyl groups excluding tert-OH is 1. The molecule has 5 heteroatoms. The number of carboxylic acid groups (broad SMARTS) is 1. The highest BCUT2D eigenvalue weighted by Crippen LogP contribution is 2.03. The lowest BCUT2D eigenvalue weighted by Gasteiger charge is -2.18. The number of hydrogen-bond donors (Lipinski definition) is 3. The quantitative estimate of drug-likeness (QED) is 0.474. The number of aliphatic hydroxyl groups is 1. The van der Waals surface area contributed by atoms with Crippen molar-refractivity contribution in [2.24, 2.45) is 0 Å². The Labute approximate surface area is 66.8 Å². The van der Waals surface area contributed by atoms with E-state index in [9.17, 15) is 4.79 Å². The van der Waals surface area contributed by atoms with E-state index in [1.54, 1.807) is 22.9 Å².